The summed E-state index contributed by atoms with van der Waals surface area (Å²) in [6, 6.07) is 6.85. The zero-order valence-electron chi connectivity index (χ0n) is 8.98. The number of carbonyl (C=O) groups excluding carboxylic acids is 1. The molecule has 0 fully saturated rings. The zero-order chi connectivity index (χ0) is 12.3. The Hall–Kier alpha value is -1.36. The number of carbonyl (C=O) groups is 2. The van der Waals surface area contributed by atoms with Crippen molar-refractivity contribution in [2.24, 2.45) is 0 Å². The number of rotatable bonds is 4. The van der Waals surface area contributed by atoms with Gasteiger partial charge in [0, 0.05) is 11.5 Å². The monoisotopic (exact) mass is 285 g/mol. The second kappa shape index (κ2) is 4.65. The van der Waals surface area contributed by atoms with E-state index in [1.165, 1.54) is 14.0 Å². The second-order valence-corrected chi connectivity index (χ2v) is 4.52. The number of aliphatic carboxylic acids is 1. The summed E-state index contributed by atoms with van der Waals surface area (Å²) in [5.41, 5.74) is -0.791. The number of amides is 1. The predicted molar refractivity (Wildman–Crippen MR) is 63.0 cm³/mol. The van der Waals surface area contributed by atoms with Crippen molar-refractivity contribution in [3.63, 3.8) is 0 Å². The third-order valence-electron chi connectivity index (χ3n) is 2.69. The highest BCUT2D eigenvalue weighted by Gasteiger charge is 2.39. The van der Waals surface area contributed by atoms with Crippen molar-refractivity contribution in [3.8, 4) is 0 Å². The number of nitrogens with zero attached hydrogens (tertiary/aromatic N) is 1. The molecule has 1 amide bonds. The highest BCUT2D eigenvalue weighted by atomic mass is 79.9. The molecule has 0 aliphatic rings. The molecule has 5 heteroatoms. The molecule has 4 nitrogen and oxygen atoms in total. The van der Waals surface area contributed by atoms with Crippen molar-refractivity contribution in [1.82, 2.24) is 4.90 Å². The summed E-state index contributed by atoms with van der Waals surface area (Å²) in [4.78, 5) is 23.2. The van der Waals surface area contributed by atoms with Crippen LogP contribution in [0.15, 0.2) is 28.7 Å². The number of likely N-dealkylation sites (N-methyl/N-ethyl adjacent to an activating group) is 1. The van der Waals surface area contributed by atoms with E-state index in [0.29, 0.717) is 12.0 Å². The third kappa shape index (κ3) is 2.09. The average Bonchev–Trinajstić information content (AvgIpc) is 2.27. The third-order valence-corrected chi connectivity index (χ3v) is 3.21. The standard InChI is InChI=1S/C11H12BrNO3/c1-11(10(15)16,13(2)7-14)8-3-5-9(12)6-4-8/h3-7H,1-2H3,(H,15,16). The molecule has 0 heterocycles. The van der Waals surface area contributed by atoms with Crippen LogP contribution < -0.4 is 0 Å². The summed E-state index contributed by atoms with van der Waals surface area (Å²) in [5, 5.41) is 9.24. The van der Waals surface area contributed by atoms with Gasteiger partial charge in [-0.2, -0.15) is 0 Å². The molecule has 0 radical (unpaired) electrons. The van der Waals surface area contributed by atoms with Gasteiger partial charge in [0.1, 0.15) is 0 Å². The molecule has 1 aromatic rings. The van der Waals surface area contributed by atoms with E-state index in [-0.39, 0.29) is 0 Å². The summed E-state index contributed by atoms with van der Waals surface area (Å²) < 4.78 is 0.859. The fourth-order valence-electron chi connectivity index (χ4n) is 1.36. The molecule has 1 aromatic carbocycles. The number of halogens is 1. The van der Waals surface area contributed by atoms with Crippen molar-refractivity contribution in [2.75, 3.05) is 7.05 Å². The van der Waals surface area contributed by atoms with E-state index in [2.05, 4.69) is 15.9 Å². The molecule has 0 aliphatic heterocycles. The van der Waals surface area contributed by atoms with Gasteiger partial charge in [-0.3, -0.25) is 4.79 Å². The molecule has 1 unspecified atom stereocenters. The van der Waals surface area contributed by atoms with E-state index in [1.807, 2.05) is 0 Å². The Morgan fingerprint density at radius 3 is 2.31 bits per heavy atom. The minimum Gasteiger partial charge on any atom is -0.479 e. The molecule has 1 rings (SSSR count). The minimum atomic E-state index is -1.34. The van der Waals surface area contributed by atoms with E-state index >= 15 is 0 Å². The maximum atomic E-state index is 11.3. The Morgan fingerprint density at radius 1 is 1.44 bits per heavy atom. The summed E-state index contributed by atoms with van der Waals surface area (Å²) >= 11 is 3.27. The van der Waals surface area contributed by atoms with Gasteiger partial charge in [0.05, 0.1) is 0 Å². The molecule has 0 aliphatic carbocycles. The quantitative estimate of drug-likeness (QED) is 0.859. The molecule has 1 atom stereocenters. The molecule has 0 saturated carbocycles. The van der Waals surface area contributed by atoms with Crippen LogP contribution >= 0.6 is 15.9 Å². The van der Waals surface area contributed by atoms with E-state index < -0.39 is 11.5 Å². The van der Waals surface area contributed by atoms with Crippen LogP contribution in [0.5, 0.6) is 0 Å². The molecule has 0 saturated heterocycles. The van der Waals surface area contributed by atoms with Crippen molar-refractivity contribution in [1.29, 1.82) is 0 Å². The molecule has 86 valence electrons. The van der Waals surface area contributed by atoms with Gasteiger partial charge in [-0.05, 0) is 24.6 Å². The fraction of sp³-hybridized carbons (Fsp3) is 0.273. The lowest BCUT2D eigenvalue weighted by atomic mass is 9.91. The predicted octanol–water partition coefficient (Wildman–Crippen LogP) is 1.84. The van der Waals surface area contributed by atoms with E-state index in [1.54, 1.807) is 24.3 Å². The largest absolute Gasteiger partial charge is 0.479 e. The Balaban J connectivity index is 3.26. The van der Waals surface area contributed by atoms with Gasteiger partial charge in [-0.15, -0.1) is 0 Å². The minimum absolute atomic E-state index is 0.510. The lowest BCUT2D eigenvalue weighted by Gasteiger charge is -2.32. The fourth-order valence-corrected chi connectivity index (χ4v) is 1.62. The Morgan fingerprint density at radius 2 is 1.94 bits per heavy atom. The molecular weight excluding hydrogens is 274 g/mol. The van der Waals surface area contributed by atoms with Crippen LogP contribution in [0.4, 0.5) is 0 Å². The van der Waals surface area contributed by atoms with Crippen LogP contribution in [0.25, 0.3) is 0 Å². The van der Waals surface area contributed by atoms with Gasteiger partial charge in [0.15, 0.2) is 5.54 Å². The topological polar surface area (TPSA) is 57.6 Å². The van der Waals surface area contributed by atoms with Gasteiger partial charge in [-0.25, -0.2) is 4.79 Å². The normalized spacial score (nSPS) is 13.9. The van der Waals surface area contributed by atoms with Crippen molar-refractivity contribution >= 4 is 28.3 Å². The maximum Gasteiger partial charge on any atom is 0.334 e. The molecule has 0 bridgehead atoms. The highest BCUT2D eigenvalue weighted by molar-refractivity contribution is 9.10. The van der Waals surface area contributed by atoms with Crippen molar-refractivity contribution < 1.29 is 14.7 Å². The number of carboxylic acid groups (broad SMARTS) is 1. The van der Waals surface area contributed by atoms with Gasteiger partial charge in [0.2, 0.25) is 6.41 Å². The average molecular weight is 286 g/mol. The molecule has 16 heavy (non-hydrogen) atoms. The molecule has 0 spiro atoms. The van der Waals surface area contributed by atoms with Gasteiger partial charge >= 0.3 is 5.97 Å². The van der Waals surface area contributed by atoms with Crippen LogP contribution in [0.2, 0.25) is 0 Å². The Kier molecular flexibility index (Phi) is 3.70. The van der Waals surface area contributed by atoms with Crippen LogP contribution in [0.1, 0.15) is 12.5 Å². The summed E-state index contributed by atoms with van der Waals surface area (Å²) in [7, 11) is 1.45. The molecular formula is C11H12BrNO3. The number of hydrogen-bond donors (Lipinski definition) is 1. The number of benzene rings is 1. The lowest BCUT2D eigenvalue weighted by molar-refractivity contribution is -0.153. The zero-order valence-corrected chi connectivity index (χ0v) is 10.6. The number of carboxylic acids is 1. The van der Waals surface area contributed by atoms with E-state index in [4.69, 9.17) is 0 Å². The number of hydrogen-bond acceptors (Lipinski definition) is 2. The summed E-state index contributed by atoms with van der Waals surface area (Å²) in [6.07, 6.45) is 0.510. The van der Waals surface area contributed by atoms with Gasteiger partial charge < -0.3 is 10.0 Å². The summed E-state index contributed by atoms with van der Waals surface area (Å²) in [6.45, 7) is 1.49. The maximum absolute atomic E-state index is 11.3. The second-order valence-electron chi connectivity index (χ2n) is 3.60. The van der Waals surface area contributed by atoms with Gasteiger partial charge in [0.25, 0.3) is 0 Å². The van der Waals surface area contributed by atoms with Gasteiger partial charge in [-0.1, -0.05) is 28.1 Å². The first-order chi connectivity index (χ1) is 7.42. The first-order valence-corrected chi connectivity index (χ1v) is 5.40. The SMILES string of the molecule is CN(C=O)C(C)(C(=O)O)c1ccc(Br)cc1. The van der Waals surface area contributed by atoms with E-state index in [9.17, 15) is 14.7 Å². The smallest absolute Gasteiger partial charge is 0.334 e. The van der Waals surface area contributed by atoms with Crippen molar-refractivity contribution in [2.45, 2.75) is 12.5 Å². The lowest BCUT2D eigenvalue weighted by Crippen LogP contribution is -2.47. The van der Waals surface area contributed by atoms with Crippen LogP contribution in [0, 0.1) is 0 Å². The molecule has 1 N–H and O–H groups in total. The Bertz CT molecular complexity index is 404. The van der Waals surface area contributed by atoms with E-state index in [0.717, 1.165) is 9.37 Å². The Labute approximate surface area is 102 Å². The van der Waals surface area contributed by atoms with Crippen LogP contribution in [-0.4, -0.2) is 29.4 Å². The first kappa shape index (κ1) is 12.7. The molecule has 0 aromatic heterocycles. The summed E-state index contributed by atoms with van der Waals surface area (Å²) in [5.74, 6) is -1.07. The van der Waals surface area contributed by atoms with Crippen LogP contribution in [0.3, 0.4) is 0 Å². The first-order valence-electron chi connectivity index (χ1n) is 4.60. The van der Waals surface area contributed by atoms with Crippen LogP contribution in [-0.2, 0) is 15.1 Å². The van der Waals surface area contributed by atoms with Crippen molar-refractivity contribution in [3.05, 3.63) is 34.3 Å². The highest BCUT2D eigenvalue weighted by Crippen LogP contribution is 2.27.